The van der Waals surface area contributed by atoms with E-state index in [-0.39, 0.29) is 30.5 Å². The average molecular weight is 626 g/mol. The number of hydrogen-bond acceptors (Lipinski definition) is 7. The van der Waals surface area contributed by atoms with Crippen LogP contribution >= 0.6 is 11.8 Å². The zero-order valence-electron chi connectivity index (χ0n) is 25.4. The Kier molecular flexibility index (Phi) is 10.9. The van der Waals surface area contributed by atoms with Crippen LogP contribution in [0.2, 0.25) is 0 Å². The van der Waals surface area contributed by atoms with E-state index in [1.165, 1.54) is 6.92 Å². The van der Waals surface area contributed by atoms with Gasteiger partial charge in [-0.05, 0) is 54.3 Å². The molecule has 8 nitrogen and oxygen atoms in total. The number of nitrogens with one attached hydrogen (secondary N) is 2. The maximum absolute atomic E-state index is 13.0. The molecule has 4 aromatic carbocycles. The molecule has 1 unspecified atom stereocenters. The minimum absolute atomic E-state index is 0.0128. The van der Waals surface area contributed by atoms with Gasteiger partial charge in [-0.1, -0.05) is 85.8 Å². The van der Waals surface area contributed by atoms with Crippen molar-refractivity contribution in [2.24, 2.45) is 5.92 Å². The van der Waals surface area contributed by atoms with Gasteiger partial charge in [0.1, 0.15) is 0 Å². The molecule has 0 saturated carbocycles. The van der Waals surface area contributed by atoms with Crippen molar-refractivity contribution in [2.45, 2.75) is 56.3 Å². The van der Waals surface area contributed by atoms with Crippen LogP contribution in [0.4, 0.5) is 16.2 Å². The maximum atomic E-state index is 13.0. The Labute approximate surface area is 268 Å². The van der Waals surface area contributed by atoms with Gasteiger partial charge in [0.2, 0.25) is 0 Å². The Bertz CT molecular complexity index is 1580. The van der Waals surface area contributed by atoms with Crippen LogP contribution in [0.3, 0.4) is 0 Å². The van der Waals surface area contributed by atoms with Crippen molar-refractivity contribution in [1.29, 1.82) is 0 Å². The summed E-state index contributed by atoms with van der Waals surface area (Å²) in [6.07, 6.45) is -0.745. The summed E-state index contributed by atoms with van der Waals surface area (Å²) in [6, 6.07) is 31.4. The number of ether oxygens (including phenoxy) is 2. The third-order valence-corrected chi connectivity index (χ3v) is 9.12. The summed E-state index contributed by atoms with van der Waals surface area (Å²) in [7, 11) is 0. The molecule has 0 radical (unpaired) electrons. The van der Waals surface area contributed by atoms with Crippen molar-refractivity contribution in [3.8, 4) is 0 Å². The molecule has 2 amide bonds. The van der Waals surface area contributed by atoms with Gasteiger partial charge >= 0.3 is 6.03 Å². The van der Waals surface area contributed by atoms with Gasteiger partial charge < -0.3 is 30.9 Å². The lowest BCUT2D eigenvalue weighted by Gasteiger charge is -2.41. The van der Waals surface area contributed by atoms with Crippen LogP contribution < -0.4 is 16.4 Å². The van der Waals surface area contributed by atoms with Crippen molar-refractivity contribution >= 4 is 35.0 Å². The first kappa shape index (κ1) is 32.2. The van der Waals surface area contributed by atoms with Gasteiger partial charge in [0.05, 0.1) is 24.9 Å². The normalized spacial score (nSPS) is 20.2. The van der Waals surface area contributed by atoms with Crippen LogP contribution in [0.5, 0.6) is 0 Å². The van der Waals surface area contributed by atoms with Gasteiger partial charge in [-0.15, -0.1) is 11.8 Å². The Morgan fingerprint density at radius 3 is 2.33 bits per heavy atom. The van der Waals surface area contributed by atoms with Gasteiger partial charge in [-0.3, -0.25) is 4.79 Å². The van der Waals surface area contributed by atoms with Gasteiger partial charge in [-0.25, -0.2) is 4.79 Å². The predicted octanol–water partition coefficient (Wildman–Crippen LogP) is 6.67. The molecular weight excluding hydrogens is 586 g/mol. The summed E-state index contributed by atoms with van der Waals surface area (Å²) in [6.45, 7) is 3.56. The maximum Gasteiger partial charge on any atom is 0.319 e. The Morgan fingerprint density at radius 1 is 0.889 bits per heavy atom. The Morgan fingerprint density at radius 2 is 1.62 bits per heavy atom. The largest absolute Gasteiger partial charge is 0.398 e. The molecule has 1 aliphatic rings. The van der Waals surface area contributed by atoms with E-state index in [4.69, 9.17) is 15.2 Å². The fourth-order valence-electron chi connectivity index (χ4n) is 5.33. The molecule has 5 N–H and O–H groups in total. The van der Waals surface area contributed by atoms with Crippen LogP contribution in [0.1, 0.15) is 48.5 Å². The molecule has 0 aliphatic carbocycles. The number of rotatable bonds is 11. The number of carbonyl (C=O) groups is 2. The number of para-hydroxylation sites is 1. The average Bonchev–Trinajstić information content (AvgIpc) is 3.05. The van der Waals surface area contributed by atoms with E-state index in [1.54, 1.807) is 17.8 Å². The molecule has 1 heterocycles. The summed E-state index contributed by atoms with van der Waals surface area (Å²) in [5.74, 6) is 0.549. The van der Waals surface area contributed by atoms with Crippen molar-refractivity contribution < 1.29 is 24.2 Å². The lowest BCUT2D eigenvalue weighted by Crippen LogP contribution is -2.43. The van der Waals surface area contributed by atoms with Crippen molar-refractivity contribution in [3.05, 3.63) is 125 Å². The van der Waals surface area contributed by atoms with Gasteiger partial charge in [0, 0.05) is 33.5 Å². The fourth-order valence-corrected chi connectivity index (χ4v) is 6.46. The van der Waals surface area contributed by atoms with Crippen molar-refractivity contribution in [1.82, 2.24) is 5.32 Å². The number of aliphatic hydroxyl groups excluding tert-OH is 1. The summed E-state index contributed by atoms with van der Waals surface area (Å²) in [4.78, 5) is 26.3. The van der Waals surface area contributed by atoms with Crippen LogP contribution in [-0.2, 0) is 27.3 Å². The molecule has 1 fully saturated rings. The number of nitrogen functional groups attached to an aromatic ring is 1. The number of anilines is 2. The molecule has 1 saturated heterocycles. The molecule has 0 aromatic heterocycles. The number of Topliss-reactive ketones (excluding diaryl/α,β-unsaturated/α-hetero) is 1. The number of hydrogen-bond donors (Lipinski definition) is 4. The minimum Gasteiger partial charge on any atom is -0.398 e. The van der Waals surface area contributed by atoms with E-state index >= 15 is 0 Å². The van der Waals surface area contributed by atoms with Gasteiger partial charge in [0.15, 0.2) is 12.1 Å². The number of urea groups is 1. The molecule has 0 spiro atoms. The van der Waals surface area contributed by atoms with E-state index in [0.717, 1.165) is 32.8 Å². The summed E-state index contributed by atoms with van der Waals surface area (Å²) >= 11 is 1.65. The van der Waals surface area contributed by atoms with E-state index in [9.17, 15) is 14.7 Å². The second kappa shape index (κ2) is 15.2. The standard InChI is InChI=1S/C36H39N3O5S/c1-23-32(22-45-33-14-7-6-13-30(33)37)43-35(44-34(23)27-17-15-26(21-40)16-18-27)28-11-8-12-29(20-28)38-36(42)39-31(24(2)41)19-25-9-4-3-5-10-25/h3-18,20,23,31-32,34-35,40H,19,21-22,37H2,1-2H3,(H2,38,39,42)/t23-,31+,32+,34+,35?/m0/s1. The second-order valence-electron chi connectivity index (χ2n) is 11.2. The number of nitrogens with two attached hydrogens (primary N) is 1. The number of carbonyl (C=O) groups excluding carboxylic acids is 2. The molecule has 0 bridgehead atoms. The van der Waals surface area contributed by atoms with Crippen LogP contribution in [0, 0.1) is 5.92 Å². The number of ketones is 1. The molecule has 4 aromatic rings. The number of aliphatic hydroxyl groups is 1. The number of benzene rings is 4. The minimum atomic E-state index is -0.699. The molecule has 234 valence electrons. The topological polar surface area (TPSA) is 123 Å². The molecule has 9 heteroatoms. The molecular formula is C36H39N3O5S. The summed E-state index contributed by atoms with van der Waals surface area (Å²) in [5, 5.41) is 15.2. The van der Waals surface area contributed by atoms with E-state index in [1.807, 2.05) is 97.1 Å². The van der Waals surface area contributed by atoms with Crippen molar-refractivity contribution in [2.75, 3.05) is 16.8 Å². The number of amides is 2. The second-order valence-corrected chi connectivity index (χ2v) is 12.3. The first-order valence-electron chi connectivity index (χ1n) is 15.0. The highest BCUT2D eigenvalue weighted by molar-refractivity contribution is 7.99. The zero-order chi connectivity index (χ0) is 31.8. The van der Waals surface area contributed by atoms with Gasteiger partial charge in [0.25, 0.3) is 0 Å². The van der Waals surface area contributed by atoms with Crippen LogP contribution in [-0.4, -0.2) is 34.8 Å². The number of thioether (sulfide) groups is 1. The SMILES string of the molecule is CC(=O)[C@@H](Cc1ccccc1)NC(=O)Nc1cccc(C2O[C@H](CSc3ccccc3N)[C@H](C)[C@H](c3ccc(CO)cc3)O2)c1. The van der Waals surface area contributed by atoms with Gasteiger partial charge in [-0.2, -0.15) is 0 Å². The third-order valence-electron chi connectivity index (χ3n) is 7.94. The summed E-state index contributed by atoms with van der Waals surface area (Å²) in [5.41, 5.74) is 11.0. The first-order chi connectivity index (χ1) is 21.8. The Balaban J connectivity index is 1.32. The van der Waals surface area contributed by atoms with Crippen LogP contribution in [0.25, 0.3) is 0 Å². The molecule has 5 rings (SSSR count). The van der Waals surface area contributed by atoms with E-state index < -0.39 is 18.4 Å². The predicted molar refractivity (Wildman–Crippen MR) is 178 cm³/mol. The van der Waals surface area contributed by atoms with Crippen LogP contribution in [0.15, 0.2) is 108 Å². The molecule has 5 atom stereocenters. The highest BCUT2D eigenvalue weighted by Crippen LogP contribution is 2.43. The smallest absolute Gasteiger partial charge is 0.319 e. The zero-order valence-corrected chi connectivity index (χ0v) is 26.2. The van der Waals surface area contributed by atoms with Crippen molar-refractivity contribution in [3.63, 3.8) is 0 Å². The molecule has 45 heavy (non-hydrogen) atoms. The monoisotopic (exact) mass is 625 g/mol. The first-order valence-corrected chi connectivity index (χ1v) is 16.0. The molecule has 1 aliphatic heterocycles. The third kappa shape index (κ3) is 8.52. The highest BCUT2D eigenvalue weighted by Gasteiger charge is 2.38. The summed E-state index contributed by atoms with van der Waals surface area (Å²) < 4.78 is 13.1. The van der Waals surface area contributed by atoms with E-state index in [0.29, 0.717) is 17.9 Å². The quantitative estimate of drug-likeness (QED) is 0.109. The fraction of sp³-hybridized carbons (Fsp3) is 0.278. The Hall–Kier alpha value is -4.15. The lowest BCUT2D eigenvalue weighted by molar-refractivity contribution is -0.268. The highest BCUT2D eigenvalue weighted by atomic mass is 32.2. The lowest BCUT2D eigenvalue weighted by atomic mass is 9.91. The van der Waals surface area contributed by atoms with E-state index in [2.05, 4.69) is 17.6 Å².